The van der Waals surface area contributed by atoms with Crippen molar-refractivity contribution in [3.05, 3.63) is 35.6 Å². The maximum atomic E-state index is 13.8. The highest BCUT2D eigenvalue weighted by Crippen LogP contribution is 2.31. The molecule has 0 bridgehead atoms. The van der Waals surface area contributed by atoms with Crippen LogP contribution in [0.4, 0.5) is 4.39 Å². The van der Waals surface area contributed by atoms with Crippen molar-refractivity contribution in [2.45, 2.75) is 64.1 Å². The molecule has 21 heavy (non-hydrogen) atoms. The normalized spacial score (nSPS) is 18.4. The maximum absolute atomic E-state index is 13.8. The van der Waals surface area contributed by atoms with E-state index in [0.717, 1.165) is 32.4 Å². The van der Waals surface area contributed by atoms with Crippen molar-refractivity contribution in [1.82, 2.24) is 5.32 Å². The van der Waals surface area contributed by atoms with Gasteiger partial charge < -0.3 is 10.1 Å². The van der Waals surface area contributed by atoms with Crippen LogP contribution in [0.15, 0.2) is 24.3 Å². The van der Waals surface area contributed by atoms with Gasteiger partial charge in [0.15, 0.2) is 0 Å². The van der Waals surface area contributed by atoms with Gasteiger partial charge in [-0.05, 0) is 31.9 Å². The van der Waals surface area contributed by atoms with Gasteiger partial charge in [0.25, 0.3) is 0 Å². The van der Waals surface area contributed by atoms with Gasteiger partial charge in [0.2, 0.25) is 0 Å². The van der Waals surface area contributed by atoms with Crippen LogP contribution in [0, 0.1) is 5.82 Å². The van der Waals surface area contributed by atoms with Crippen LogP contribution >= 0.6 is 0 Å². The number of nitrogens with one attached hydrogen (secondary N) is 1. The summed E-state index contributed by atoms with van der Waals surface area (Å²) in [5.74, 6) is -0.164. The summed E-state index contributed by atoms with van der Waals surface area (Å²) in [5.41, 5.74) is 0.546. The lowest BCUT2D eigenvalue weighted by Crippen LogP contribution is -2.43. The Morgan fingerprint density at radius 3 is 2.52 bits per heavy atom. The number of hydrogen-bond donors (Lipinski definition) is 1. The molecule has 2 nitrogen and oxygen atoms in total. The van der Waals surface area contributed by atoms with Gasteiger partial charge in [-0.1, -0.05) is 50.8 Å². The van der Waals surface area contributed by atoms with E-state index in [1.54, 1.807) is 6.07 Å². The molecule has 0 aliphatic heterocycles. The molecule has 118 valence electrons. The topological polar surface area (TPSA) is 21.3 Å². The first-order valence-corrected chi connectivity index (χ1v) is 8.34. The molecule has 1 aromatic carbocycles. The van der Waals surface area contributed by atoms with Crippen molar-refractivity contribution in [3.63, 3.8) is 0 Å². The Morgan fingerprint density at radius 2 is 1.86 bits per heavy atom. The van der Waals surface area contributed by atoms with Crippen molar-refractivity contribution in [1.29, 1.82) is 0 Å². The number of ether oxygens (including phenoxy) is 1. The Bertz CT molecular complexity index is 413. The fourth-order valence-corrected chi connectivity index (χ4v) is 3.08. The van der Waals surface area contributed by atoms with E-state index in [0.29, 0.717) is 12.2 Å². The summed E-state index contributed by atoms with van der Waals surface area (Å²) in [6.07, 6.45) is 8.30. The number of rotatable bonds is 7. The van der Waals surface area contributed by atoms with E-state index in [4.69, 9.17) is 4.74 Å². The standard InChI is InChI=1S/C18H28FNO/c1-2-13-20-15-18(11-7-3-4-8-12-18)21-14-16-9-5-6-10-17(16)19/h5-6,9-10,20H,2-4,7-8,11-15H2,1H3. The average molecular weight is 293 g/mol. The minimum atomic E-state index is -0.164. The van der Waals surface area contributed by atoms with Gasteiger partial charge in [0.05, 0.1) is 12.2 Å². The lowest BCUT2D eigenvalue weighted by Gasteiger charge is -2.33. The van der Waals surface area contributed by atoms with Gasteiger partial charge in [-0.15, -0.1) is 0 Å². The molecule has 0 saturated heterocycles. The van der Waals surface area contributed by atoms with Crippen LogP contribution in [0.3, 0.4) is 0 Å². The molecular weight excluding hydrogens is 265 g/mol. The zero-order chi connectivity index (χ0) is 15.0. The van der Waals surface area contributed by atoms with Crippen LogP contribution in [0.25, 0.3) is 0 Å². The molecule has 1 aliphatic carbocycles. The van der Waals surface area contributed by atoms with E-state index in [2.05, 4.69) is 12.2 Å². The molecule has 1 aromatic rings. The largest absolute Gasteiger partial charge is 0.369 e. The van der Waals surface area contributed by atoms with Crippen LogP contribution < -0.4 is 5.32 Å². The number of hydrogen-bond acceptors (Lipinski definition) is 2. The average Bonchev–Trinajstić information content (AvgIpc) is 2.73. The van der Waals surface area contributed by atoms with Crippen molar-refractivity contribution < 1.29 is 9.13 Å². The fourth-order valence-electron chi connectivity index (χ4n) is 3.08. The predicted molar refractivity (Wildman–Crippen MR) is 84.8 cm³/mol. The first-order chi connectivity index (χ1) is 10.3. The van der Waals surface area contributed by atoms with Crippen molar-refractivity contribution in [2.75, 3.05) is 13.1 Å². The summed E-state index contributed by atoms with van der Waals surface area (Å²) in [4.78, 5) is 0. The molecule has 1 fully saturated rings. The van der Waals surface area contributed by atoms with E-state index >= 15 is 0 Å². The number of halogens is 1. The van der Waals surface area contributed by atoms with E-state index < -0.39 is 0 Å². The van der Waals surface area contributed by atoms with Crippen molar-refractivity contribution in [3.8, 4) is 0 Å². The summed E-state index contributed by atoms with van der Waals surface area (Å²) >= 11 is 0. The Morgan fingerprint density at radius 1 is 1.14 bits per heavy atom. The smallest absolute Gasteiger partial charge is 0.128 e. The summed E-state index contributed by atoms with van der Waals surface area (Å²) in [6, 6.07) is 6.92. The molecule has 0 heterocycles. The fraction of sp³-hybridized carbons (Fsp3) is 0.667. The minimum Gasteiger partial charge on any atom is -0.369 e. The molecular formula is C18H28FNO. The zero-order valence-electron chi connectivity index (χ0n) is 13.2. The third kappa shape index (κ3) is 5.08. The molecule has 0 amide bonds. The van der Waals surface area contributed by atoms with Crippen LogP contribution in [0.1, 0.15) is 57.4 Å². The van der Waals surface area contributed by atoms with Gasteiger partial charge in [0, 0.05) is 12.1 Å². The highest BCUT2D eigenvalue weighted by atomic mass is 19.1. The monoisotopic (exact) mass is 293 g/mol. The first kappa shape index (κ1) is 16.4. The molecule has 0 unspecified atom stereocenters. The van der Waals surface area contributed by atoms with E-state index in [1.807, 2.05) is 12.1 Å². The van der Waals surface area contributed by atoms with Crippen LogP contribution in [0.5, 0.6) is 0 Å². The van der Waals surface area contributed by atoms with E-state index in [9.17, 15) is 4.39 Å². The van der Waals surface area contributed by atoms with Gasteiger partial charge in [-0.2, -0.15) is 0 Å². The zero-order valence-corrected chi connectivity index (χ0v) is 13.2. The molecule has 2 rings (SSSR count). The molecule has 1 N–H and O–H groups in total. The quantitative estimate of drug-likeness (QED) is 0.593. The van der Waals surface area contributed by atoms with Gasteiger partial charge in [0.1, 0.15) is 5.82 Å². The highest BCUT2D eigenvalue weighted by Gasteiger charge is 2.31. The summed E-state index contributed by atoms with van der Waals surface area (Å²) in [5, 5.41) is 3.51. The van der Waals surface area contributed by atoms with Gasteiger partial charge >= 0.3 is 0 Å². The number of benzene rings is 1. The third-order valence-corrected chi connectivity index (χ3v) is 4.38. The molecule has 0 spiro atoms. The van der Waals surface area contributed by atoms with Gasteiger partial charge in [-0.3, -0.25) is 0 Å². The minimum absolute atomic E-state index is 0.117. The second kappa shape index (κ2) is 8.50. The lowest BCUT2D eigenvalue weighted by atomic mass is 9.93. The van der Waals surface area contributed by atoms with Crippen molar-refractivity contribution >= 4 is 0 Å². The summed E-state index contributed by atoms with van der Waals surface area (Å²) < 4.78 is 20.0. The molecule has 1 saturated carbocycles. The lowest BCUT2D eigenvalue weighted by molar-refractivity contribution is -0.0662. The van der Waals surface area contributed by atoms with E-state index in [1.165, 1.54) is 31.7 Å². The van der Waals surface area contributed by atoms with E-state index in [-0.39, 0.29) is 11.4 Å². The summed E-state index contributed by atoms with van der Waals surface area (Å²) in [7, 11) is 0. The third-order valence-electron chi connectivity index (χ3n) is 4.38. The van der Waals surface area contributed by atoms with Crippen molar-refractivity contribution in [2.24, 2.45) is 0 Å². The van der Waals surface area contributed by atoms with Gasteiger partial charge in [-0.25, -0.2) is 4.39 Å². The van der Waals surface area contributed by atoms with Crippen LogP contribution in [-0.2, 0) is 11.3 Å². The maximum Gasteiger partial charge on any atom is 0.128 e. The first-order valence-electron chi connectivity index (χ1n) is 8.34. The molecule has 0 radical (unpaired) electrons. The second-order valence-electron chi connectivity index (χ2n) is 6.15. The second-order valence-corrected chi connectivity index (χ2v) is 6.15. The Kier molecular flexibility index (Phi) is 6.65. The van der Waals surface area contributed by atoms with Crippen LogP contribution in [0.2, 0.25) is 0 Å². The molecule has 1 aliphatic rings. The Labute approximate surface area is 128 Å². The van der Waals surface area contributed by atoms with Crippen LogP contribution in [-0.4, -0.2) is 18.7 Å². The molecule has 0 atom stereocenters. The highest BCUT2D eigenvalue weighted by molar-refractivity contribution is 5.16. The molecule has 3 heteroatoms. The molecule has 0 aromatic heterocycles. The SMILES string of the molecule is CCCNCC1(OCc2ccccc2F)CCCCCC1. The predicted octanol–water partition coefficient (Wildman–Crippen LogP) is 4.43. The Hall–Kier alpha value is -0.930. The Balaban J connectivity index is 1.99. The summed E-state index contributed by atoms with van der Waals surface area (Å²) in [6.45, 7) is 4.45.